The van der Waals surface area contributed by atoms with E-state index in [9.17, 15) is 14.4 Å². The molecule has 6 atom stereocenters. The minimum atomic E-state index is -0.966. The number of fused-ring (bicyclic) bond motifs is 1. The number of allylic oxidation sites excluding steroid dienone is 2. The first kappa shape index (κ1) is 25.2. The molecule has 4 nitrogen and oxygen atoms in total. The molecule has 3 unspecified atom stereocenters. The summed E-state index contributed by atoms with van der Waals surface area (Å²) in [5, 5.41) is 0. The maximum Gasteiger partial charge on any atom is 0.306 e. The quantitative estimate of drug-likeness (QED) is 0.297. The van der Waals surface area contributed by atoms with Gasteiger partial charge in [-0.1, -0.05) is 46.1 Å². The second-order valence-electron chi connectivity index (χ2n) is 11.2. The summed E-state index contributed by atoms with van der Waals surface area (Å²) in [7, 11) is 0. The first-order valence-electron chi connectivity index (χ1n) is 13.1. The molecule has 2 saturated carbocycles. The van der Waals surface area contributed by atoms with Crippen molar-refractivity contribution in [3.05, 3.63) is 11.6 Å². The van der Waals surface area contributed by atoms with Crippen molar-refractivity contribution < 1.29 is 19.1 Å². The van der Waals surface area contributed by atoms with Gasteiger partial charge < -0.3 is 4.74 Å². The van der Waals surface area contributed by atoms with Crippen molar-refractivity contribution in [3.63, 3.8) is 0 Å². The number of hydrogen-bond acceptors (Lipinski definition) is 4. The van der Waals surface area contributed by atoms with Crippen LogP contribution < -0.4 is 0 Å². The summed E-state index contributed by atoms with van der Waals surface area (Å²) >= 11 is 0. The third-order valence-corrected chi connectivity index (χ3v) is 9.33. The highest BCUT2D eigenvalue weighted by Gasteiger charge is 2.65. The van der Waals surface area contributed by atoms with Gasteiger partial charge in [0.05, 0.1) is 0 Å². The van der Waals surface area contributed by atoms with Crippen LogP contribution in [0.2, 0.25) is 0 Å². The summed E-state index contributed by atoms with van der Waals surface area (Å²) in [6.45, 7) is 10.5. The molecule has 3 aliphatic rings. The zero-order chi connectivity index (χ0) is 23.5. The summed E-state index contributed by atoms with van der Waals surface area (Å²) < 4.78 is 6.14. The monoisotopic (exact) mass is 444 g/mol. The highest BCUT2D eigenvalue weighted by atomic mass is 16.6. The Morgan fingerprint density at radius 1 is 1.12 bits per heavy atom. The second kappa shape index (κ2) is 10.2. The van der Waals surface area contributed by atoms with Crippen LogP contribution in [0.25, 0.3) is 0 Å². The average molecular weight is 445 g/mol. The van der Waals surface area contributed by atoms with Gasteiger partial charge in [0.25, 0.3) is 0 Å². The smallest absolute Gasteiger partial charge is 0.306 e. The first-order chi connectivity index (χ1) is 15.1. The van der Waals surface area contributed by atoms with E-state index in [1.54, 1.807) is 6.92 Å². The lowest BCUT2D eigenvalue weighted by Crippen LogP contribution is -2.56. The van der Waals surface area contributed by atoms with Crippen LogP contribution in [0.3, 0.4) is 0 Å². The fourth-order valence-corrected chi connectivity index (χ4v) is 7.16. The molecule has 0 bridgehead atoms. The highest BCUT2D eigenvalue weighted by molar-refractivity contribution is 5.91. The number of esters is 1. The lowest BCUT2D eigenvalue weighted by Gasteiger charge is -2.51. The van der Waals surface area contributed by atoms with Crippen LogP contribution in [0.1, 0.15) is 112 Å². The fraction of sp³-hybridized carbons (Fsp3) is 0.821. The molecule has 0 heterocycles. The van der Waals surface area contributed by atoms with Crippen LogP contribution in [0.4, 0.5) is 0 Å². The van der Waals surface area contributed by atoms with E-state index in [0.717, 1.165) is 57.8 Å². The van der Waals surface area contributed by atoms with Crippen molar-refractivity contribution in [2.24, 2.45) is 29.1 Å². The molecule has 2 fully saturated rings. The summed E-state index contributed by atoms with van der Waals surface area (Å²) in [4.78, 5) is 37.7. The third-order valence-electron chi connectivity index (χ3n) is 9.33. The average Bonchev–Trinajstić information content (AvgIpc) is 3.03. The van der Waals surface area contributed by atoms with Crippen LogP contribution in [0.5, 0.6) is 0 Å². The molecule has 32 heavy (non-hydrogen) atoms. The Kier molecular flexibility index (Phi) is 8.04. The fourth-order valence-electron chi connectivity index (χ4n) is 7.16. The van der Waals surface area contributed by atoms with Crippen LogP contribution >= 0.6 is 0 Å². The lowest BCUT2D eigenvalue weighted by molar-refractivity contribution is -0.186. The molecule has 0 spiro atoms. The Morgan fingerprint density at radius 3 is 2.56 bits per heavy atom. The Morgan fingerprint density at radius 2 is 1.88 bits per heavy atom. The predicted octanol–water partition coefficient (Wildman–Crippen LogP) is 6.61. The Balaban J connectivity index is 1.78. The molecular formula is C28H44O4. The van der Waals surface area contributed by atoms with Crippen LogP contribution in [-0.4, -0.2) is 23.1 Å². The number of carbonyl (C=O) groups is 3. The molecule has 3 rings (SSSR count). The number of carbonyl (C=O) groups excluding carboxylic acids is 3. The van der Waals surface area contributed by atoms with Gasteiger partial charge in [-0.15, -0.1) is 0 Å². The van der Waals surface area contributed by atoms with Crippen LogP contribution in [0.15, 0.2) is 11.6 Å². The minimum absolute atomic E-state index is 0.0221. The summed E-state index contributed by atoms with van der Waals surface area (Å²) in [5.41, 5.74) is 0.0461. The van der Waals surface area contributed by atoms with Gasteiger partial charge in [-0.2, -0.15) is 0 Å². The van der Waals surface area contributed by atoms with E-state index < -0.39 is 5.60 Å². The second-order valence-corrected chi connectivity index (χ2v) is 11.2. The molecular weight excluding hydrogens is 400 g/mol. The normalized spacial score (nSPS) is 37.0. The van der Waals surface area contributed by atoms with Gasteiger partial charge in [-0.05, 0) is 88.0 Å². The Labute approximate surface area is 194 Å². The third kappa shape index (κ3) is 4.75. The van der Waals surface area contributed by atoms with Crippen molar-refractivity contribution in [3.8, 4) is 0 Å². The molecule has 4 heteroatoms. The number of rotatable bonds is 9. The number of hydrogen-bond donors (Lipinski definition) is 0. The van der Waals surface area contributed by atoms with Gasteiger partial charge >= 0.3 is 5.97 Å². The zero-order valence-corrected chi connectivity index (χ0v) is 21.0. The van der Waals surface area contributed by atoms with E-state index in [4.69, 9.17) is 4.74 Å². The topological polar surface area (TPSA) is 60.4 Å². The molecule has 0 saturated heterocycles. The van der Waals surface area contributed by atoms with Gasteiger partial charge in [-0.25, -0.2) is 0 Å². The van der Waals surface area contributed by atoms with Gasteiger partial charge in [0.1, 0.15) is 0 Å². The van der Waals surface area contributed by atoms with Crippen LogP contribution in [0, 0.1) is 29.1 Å². The molecule has 180 valence electrons. The van der Waals surface area contributed by atoms with Crippen molar-refractivity contribution in [1.29, 1.82) is 0 Å². The van der Waals surface area contributed by atoms with Gasteiger partial charge in [0.2, 0.25) is 0 Å². The largest absolute Gasteiger partial charge is 0.450 e. The van der Waals surface area contributed by atoms with Gasteiger partial charge in [0, 0.05) is 18.3 Å². The molecule has 0 radical (unpaired) electrons. The number of ether oxygens (including phenoxy) is 1. The van der Waals surface area contributed by atoms with Gasteiger partial charge in [0.15, 0.2) is 17.2 Å². The first-order valence-corrected chi connectivity index (χ1v) is 13.1. The Bertz CT molecular complexity index is 753. The van der Waals surface area contributed by atoms with Crippen molar-refractivity contribution in [2.45, 2.75) is 117 Å². The molecule has 0 amide bonds. The predicted molar refractivity (Wildman–Crippen MR) is 127 cm³/mol. The maximum atomic E-state index is 13.0. The number of ketones is 2. The van der Waals surface area contributed by atoms with E-state index in [-0.39, 0.29) is 23.0 Å². The SMILES string of the molecule is CCCCCC(=O)O[C@]1(C(C)=O)CC[C@H]2C(CCC3=CC(=O)CCC3C)[C@@H](C)CCC21C. The van der Waals surface area contributed by atoms with E-state index in [1.165, 1.54) is 5.57 Å². The van der Waals surface area contributed by atoms with Crippen molar-refractivity contribution >= 4 is 17.5 Å². The number of Topliss-reactive ketones (excluding diaryl/α,β-unsaturated/α-hetero) is 1. The molecule has 0 aromatic rings. The van der Waals surface area contributed by atoms with E-state index in [1.807, 2.05) is 6.08 Å². The van der Waals surface area contributed by atoms with Gasteiger partial charge in [-0.3, -0.25) is 14.4 Å². The zero-order valence-electron chi connectivity index (χ0n) is 21.0. The van der Waals surface area contributed by atoms with Crippen molar-refractivity contribution in [2.75, 3.05) is 0 Å². The molecule has 0 N–H and O–H groups in total. The molecule has 3 aliphatic carbocycles. The summed E-state index contributed by atoms with van der Waals surface area (Å²) in [6, 6.07) is 0. The Hall–Kier alpha value is -1.45. The molecule has 0 aliphatic heterocycles. The standard InChI is InChI=1S/C28H44O4/c1-6-7-8-9-26(31)32-28(21(4)29)17-15-25-24(20(3)14-16-27(25,28)5)13-11-22-18-23(30)12-10-19(22)2/h18-20,24-25H,6-17H2,1-5H3/t19?,20-,24?,25-,27?,28-/m0/s1. The van der Waals surface area contributed by atoms with Crippen molar-refractivity contribution in [1.82, 2.24) is 0 Å². The van der Waals surface area contributed by atoms with E-state index in [0.29, 0.717) is 42.9 Å². The molecule has 0 aromatic heterocycles. The maximum absolute atomic E-state index is 13.0. The summed E-state index contributed by atoms with van der Waals surface area (Å²) in [6.07, 6.45) is 12.5. The van der Waals surface area contributed by atoms with E-state index in [2.05, 4.69) is 27.7 Å². The lowest BCUT2D eigenvalue weighted by atomic mass is 9.55. The summed E-state index contributed by atoms with van der Waals surface area (Å²) in [5.74, 6) is 2.05. The number of unbranched alkanes of at least 4 members (excludes halogenated alkanes) is 2. The van der Waals surface area contributed by atoms with Crippen LogP contribution in [-0.2, 0) is 19.1 Å². The highest BCUT2D eigenvalue weighted by Crippen LogP contribution is 2.63. The minimum Gasteiger partial charge on any atom is -0.450 e. The van der Waals surface area contributed by atoms with E-state index >= 15 is 0 Å². The molecule has 0 aromatic carbocycles.